The number of para-hydroxylation sites is 1. The van der Waals surface area contributed by atoms with Crippen molar-refractivity contribution in [3.63, 3.8) is 0 Å². The predicted molar refractivity (Wildman–Crippen MR) is 106 cm³/mol. The molecule has 0 spiro atoms. The van der Waals surface area contributed by atoms with Gasteiger partial charge < -0.3 is 10.6 Å². The van der Waals surface area contributed by atoms with Crippen LogP contribution in [-0.4, -0.2) is 20.9 Å². The van der Waals surface area contributed by atoms with Crippen LogP contribution < -0.4 is 10.6 Å². The van der Waals surface area contributed by atoms with E-state index in [2.05, 4.69) is 25.6 Å². The van der Waals surface area contributed by atoms with Crippen LogP contribution in [0.25, 0.3) is 10.9 Å². The summed E-state index contributed by atoms with van der Waals surface area (Å²) in [6.45, 7) is 2.00. The number of carbonyl (C=O) groups is 1. The summed E-state index contributed by atoms with van der Waals surface area (Å²) in [5.74, 6) is 0.234. The zero-order valence-corrected chi connectivity index (χ0v) is 14.7. The minimum absolute atomic E-state index is 0.279. The van der Waals surface area contributed by atoms with E-state index in [9.17, 15) is 4.79 Å². The third-order valence-corrected chi connectivity index (χ3v) is 4.10. The number of fused-ring (bicyclic) bond motifs is 1. The van der Waals surface area contributed by atoms with Gasteiger partial charge in [-0.05, 0) is 31.2 Å². The summed E-state index contributed by atoms with van der Waals surface area (Å²) in [4.78, 5) is 25.2. The van der Waals surface area contributed by atoms with E-state index in [-0.39, 0.29) is 11.6 Å². The zero-order chi connectivity index (χ0) is 18.6. The second kappa shape index (κ2) is 7.21. The van der Waals surface area contributed by atoms with Crippen LogP contribution in [0.2, 0.25) is 0 Å². The Bertz CT molecular complexity index is 1100. The summed E-state index contributed by atoms with van der Waals surface area (Å²) in [5.41, 5.74) is 3.78. The van der Waals surface area contributed by atoms with Crippen LogP contribution in [0.4, 0.5) is 17.2 Å². The lowest BCUT2D eigenvalue weighted by Crippen LogP contribution is -2.14. The molecule has 2 aromatic heterocycles. The SMILES string of the molecule is Cc1ccc(NC(=O)c2cc(Nc3cccc4cccnc34)ncn2)cc1. The molecular weight excluding hydrogens is 338 g/mol. The summed E-state index contributed by atoms with van der Waals surface area (Å²) in [7, 11) is 0. The number of nitrogens with one attached hydrogen (secondary N) is 2. The van der Waals surface area contributed by atoms with Crippen LogP contribution in [0.5, 0.6) is 0 Å². The van der Waals surface area contributed by atoms with Gasteiger partial charge in [0.05, 0.1) is 11.2 Å². The van der Waals surface area contributed by atoms with Crippen molar-refractivity contribution in [1.29, 1.82) is 0 Å². The van der Waals surface area contributed by atoms with E-state index in [4.69, 9.17) is 0 Å². The molecule has 4 aromatic rings. The smallest absolute Gasteiger partial charge is 0.274 e. The highest BCUT2D eigenvalue weighted by Gasteiger charge is 2.10. The highest BCUT2D eigenvalue weighted by atomic mass is 16.1. The van der Waals surface area contributed by atoms with E-state index in [1.165, 1.54) is 6.33 Å². The van der Waals surface area contributed by atoms with Crippen molar-refractivity contribution in [2.24, 2.45) is 0 Å². The first-order valence-corrected chi connectivity index (χ1v) is 8.50. The van der Waals surface area contributed by atoms with Crippen molar-refractivity contribution in [2.75, 3.05) is 10.6 Å². The number of pyridine rings is 1. The van der Waals surface area contributed by atoms with Gasteiger partial charge in [-0.15, -0.1) is 0 Å². The molecule has 132 valence electrons. The van der Waals surface area contributed by atoms with Crippen molar-refractivity contribution >= 4 is 34.0 Å². The number of hydrogen-bond donors (Lipinski definition) is 2. The molecule has 0 aliphatic heterocycles. The molecule has 6 heteroatoms. The first-order valence-electron chi connectivity index (χ1n) is 8.50. The van der Waals surface area contributed by atoms with Crippen molar-refractivity contribution < 1.29 is 4.79 Å². The Kier molecular flexibility index (Phi) is 4.45. The molecule has 0 aliphatic rings. The van der Waals surface area contributed by atoms with Crippen LogP contribution in [-0.2, 0) is 0 Å². The second-order valence-corrected chi connectivity index (χ2v) is 6.11. The molecule has 6 nitrogen and oxygen atoms in total. The molecule has 0 unspecified atom stereocenters. The van der Waals surface area contributed by atoms with Gasteiger partial charge in [-0.25, -0.2) is 9.97 Å². The molecule has 2 aromatic carbocycles. The lowest BCUT2D eigenvalue weighted by Gasteiger charge is -2.09. The molecule has 0 radical (unpaired) electrons. The normalized spacial score (nSPS) is 10.6. The highest BCUT2D eigenvalue weighted by molar-refractivity contribution is 6.03. The number of rotatable bonds is 4. The number of hydrogen-bond acceptors (Lipinski definition) is 5. The Balaban J connectivity index is 1.57. The second-order valence-electron chi connectivity index (χ2n) is 6.11. The van der Waals surface area contributed by atoms with Crippen molar-refractivity contribution in [1.82, 2.24) is 15.0 Å². The molecule has 0 aliphatic carbocycles. The summed E-state index contributed by atoms with van der Waals surface area (Å²) < 4.78 is 0. The molecule has 0 atom stereocenters. The average molecular weight is 355 g/mol. The first-order chi connectivity index (χ1) is 13.2. The van der Waals surface area contributed by atoms with E-state index < -0.39 is 0 Å². The molecule has 0 bridgehead atoms. The van der Waals surface area contributed by atoms with Crippen LogP contribution in [0.15, 0.2) is 73.2 Å². The van der Waals surface area contributed by atoms with Gasteiger partial charge in [-0.2, -0.15) is 0 Å². The molecule has 2 heterocycles. The largest absolute Gasteiger partial charge is 0.338 e. The van der Waals surface area contributed by atoms with Crippen LogP contribution in [0.1, 0.15) is 16.1 Å². The molecule has 0 saturated heterocycles. The number of aromatic nitrogens is 3. The van der Waals surface area contributed by atoms with Gasteiger partial charge in [-0.1, -0.05) is 35.9 Å². The van der Waals surface area contributed by atoms with Crippen LogP contribution >= 0.6 is 0 Å². The summed E-state index contributed by atoms with van der Waals surface area (Å²) in [6.07, 6.45) is 3.11. The van der Waals surface area contributed by atoms with Gasteiger partial charge in [0.15, 0.2) is 0 Å². The van der Waals surface area contributed by atoms with Gasteiger partial charge in [-0.3, -0.25) is 9.78 Å². The van der Waals surface area contributed by atoms with Crippen molar-refractivity contribution in [3.8, 4) is 0 Å². The van der Waals surface area contributed by atoms with Crippen molar-refractivity contribution in [3.05, 3.63) is 84.4 Å². The summed E-state index contributed by atoms with van der Waals surface area (Å²) in [6, 6.07) is 19.0. The predicted octanol–water partition coefficient (Wildman–Crippen LogP) is 4.33. The maximum absolute atomic E-state index is 12.5. The number of carbonyl (C=O) groups excluding carboxylic acids is 1. The fourth-order valence-corrected chi connectivity index (χ4v) is 2.72. The van der Waals surface area contributed by atoms with E-state index in [1.807, 2.05) is 61.5 Å². The van der Waals surface area contributed by atoms with Gasteiger partial charge in [0.2, 0.25) is 0 Å². The fraction of sp³-hybridized carbons (Fsp3) is 0.0476. The standard InChI is InChI=1S/C21H17N5O/c1-14-7-9-16(10-8-14)25-21(27)18-12-19(24-13-23-18)26-17-6-2-4-15-5-3-11-22-20(15)17/h2-13H,1H3,(H,25,27)(H,23,24,26). The Morgan fingerprint density at radius 3 is 2.59 bits per heavy atom. The third-order valence-electron chi connectivity index (χ3n) is 4.10. The number of nitrogens with zero attached hydrogens (tertiary/aromatic N) is 3. The lowest BCUT2D eigenvalue weighted by molar-refractivity contribution is 0.102. The molecule has 27 heavy (non-hydrogen) atoms. The summed E-state index contributed by atoms with van der Waals surface area (Å²) in [5, 5.41) is 7.08. The molecule has 4 rings (SSSR count). The number of benzene rings is 2. The van der Waals surface area contributed by atoms with Gasteiger partial charge in [0.1, 0.15) is 17.8 Å². The maximum atomic E-state index is 12.5. The maximum Gasteiger partial charge on any atom is 0.274 e. The van der Waals surface area contributed by atoms with Gasteiger partial charge >= 0.3 is 0 Å². The Morgan fingerprint density at radius 2 is 1.74 bits per heavy atom. The highest BCUT2D eigenvalue weighted by Crippen LogP contribution is 2.23. The van der Waals surface area contributed by atoms with Gasteiger partial charge in [0, 0.05) is 23.3 Å². The number of aryl methyl sites for hydroxylation is 1. The Labute approximate surface area is 156 Å². The average Bonchev–Trinajstić information content (AvgIpc) is 2.70. The Morgan fingerprint density at radius 1 is 0.926 bits per heavy atom. The molecule has 2 N–H and O–H groups in total. The lowest BCUT2D eigenvalue weighted by atomic mass is 10.2. The first kappa shape index (κ1) is 16.7. The summed E-state index contributed by atoms with van der Waals surface area (Å²) >= 11 is 0. The van der Waals surface area contributed by atoms with E-state index in [0.29, 0.717) is 5.82 Å². The van der Waals surface area contributed by atoms with Gasteiger partial charge in [0.25, 0.3) is 5.91 Å². The molecule has 0 saturated carbocycles. The minimum Gasteiger partial charge on any atom is -0.338 e. The van der Waals surface area contributed by atoms with Crippen LogP contribution in [0, 0.1) is 6.92 Å². The van der Waals surface area contributed by atoms with E-state index >= 15 is 0 Å². The zero-order valence-electron chi connectivity index (χ0n) is 14.7. The fourth-order valence-electron chi connectivity index (χ4n) is 2.72. The molecular formula is C21H17N5O. The molecule has 1 amide bonds. The molecule has 0 fully saturated rings. The number of anilines is 3. The van der Waals surface area contributed by atoms with E-state index in [1.54, 1.807) is 12.3 Å². The topological polar surface area (TPSA) is 79.8 Å². The number of amides is 1. The monoisotopic (exact) mass is 355 g/mol. The van der Waals surface area contributed by atoms with E-state index in [0.717, 1.165) is 27.8 Å². The quantitative estimate of drug-likeness (QED) is 0.569. The third kappa shape index (κ3) is 3.74. The van der Waals surface area contributed by atoms with Crippen LogP contribution in [0.3, 0.4) is 0 Å². The minimum atomic E-state index is -0.291. The van der Waals surface area contributed by atoms with Crippen molar-refractivity contribution in [2.45, 2.75) is 6.92 Å². The Hall–Kier alpha value is -3.80.